The molecule has 0 spiro atoms. The second-order valence-electron chi connectivity index (χ2n) is 5.31. The van der Waals surface area contributed by atoms with Crippen molar-refractivity contribution in [1.29, 1.82) is 0 Å². The van der Waals surface area contributed by atoms with E-state index in [1.807, 2.05) is 0 Å². The predicted molar refractivity (Wildman–Crippen MR) is 69.7 cm³/mol. The molecule has 18 heavy (non-hydrogen) atoms. The lowest BCUT2D eigenvalue weighted by molar-refractivity contribution is -0.136. The summed E-state index contributed by atoms with van der Waals surface area (Å²) in [6.07, 6.45) is -2.79. The molecule has 0 N–H and O–H groups in total. The second kappa shape index (κ2) is 4.09. The van der Waals surface area contributed by atoms with Crippen LogP contribution in [0.1, 0.15) is 5.56 Å². The molecule has 5 heteroatoms. The normalized spacial score (nSPS) is 13.0. The van der Waals surface area contributed by atoms with Crippen molar-refractivity contribution in [2.24, 2.45) is 0 Å². The van der Waals surface area contributed by atoms with E-state index in [1.165, 1.54) is 12.1 Å². The summed E-state index contributed by atoms with van der Waals surface area (Å²) in [6, 6.07) is 5.81. The van der Waals surface area contributed by atoms with Crippen LogP contribution in [0.15, 0.2) is 30.5 Å². The first-order valence-electron chi connectivity index (χ1n) is 5.66. The van der Waals surface area contributed by atoms with Crippen molar-refractivity contribution < 1.29 is 13.2 Å². The predicted octanol–water partition coefficient (Wildman–Crippen LogP) is 3.80. The third-order valence-corrected chi connectivity index (χ3v) is 4.90. The Bertz CT molecular complexity index is 532. The van der Waals surface area contributed by atoms with Crippen LogP contribution in [0.3, 0.4) is 0 Å². The van der Waals surface area contributed by atoms with Gasteiger partial charge in [-0.1, -0.05) is 31.8 Å². The van der Waals surface area contributed by atoms with E-state index in [4.69, 9.17) is 0 Å². The molecule has 1 aromatic carbocycles. The zero-order valence-electron chi connectivity index (χ0n) is 10.5. The number of hydrogen-bond acceptors (Lipinski definition) is 1. The highest BCUT2D eigenvalue weighted by Crippen LogP contribution is 2.34. The Morgan fingerprint density at radius 2 is 1.72 bits per heavy atom. The average Bonchev–Trinajstić information content (AvgIpc) is 2.24. The molecule has 0 aliphatic carbocycles. The molecule has 0 aliphatic rings. The second-order valence-corrected chi connectivity index (χ2v) is 10.3. The molecule has 1 nitrogen and oxygen atoms in total. The van der Waals surface area contributed by atoms with Crippen molar-refractivity contribution in [1.82, 2.24) is 4.98 Å². The molecule has 2 aromatic rings. The summed E-state index contributed by atoms with van der Waals surface area (Å²) in [5, 5.41) is 1.16. The molecular formula is C13H14F3NSi. The summed E-state index contributed by atoms with van der Waals surface area (Å²) >= 11 is 0. The highest BCUT2D eigenvalue weighted by atomic mass is 28.3. The van der Waals surface area contributed by atoms with Gasteiger partial charge < -0.3 is 0 Å². The van der Waals surface area contributed by atoms with Crippen LogP contribution in [0.25, 0.3) is 10.9 Å². The fraction of sp³-hybridized carbons (Fsp3) is 0.308. The van der Waals surface area contributed by atoms with E-state index in [9.17, 15) is 13.2 Å². The first-order chi connectivity index (χ1) is 8.21. The molecule has 96 valence electrons. The number of aromatic nitrogens is 1. The smallest absolute Gasteiger partial charge is 0.256 e. The van der Waals surface area contributed by atoms with E-state index >= 15 is 0 Å². The van der Waals surface area contributed by atoms with Crippen molar-refractivity contribution in [2.45, 2.75) is 25.8 Å². The van der Waals surface area contributed by atoms with Crippen molar-refractivity contribution >= 4 is 24.2 Å². The van der Waals surface area contributed by atoms with Crippen molar-refractivity contribution in [2.75, 3.05) is 0 Å². The van der Waals surface area contributed by atoms with Gasteiger partial charge in [-0.05, 0) is 17.3 Å². The van der Waals surface area contributed by atoms with E-state index in [1.54, 1.807) is 18.3 Å². The minimum absolute atomic E-state index is 0.199. The van der Waals surface area contributed by atoms with E-state index in [0.29, 0.717) is 5.52 Å². The monoisotopic (exact) mass is 269 g/mol. The van der Waals surface area contributed by atoms with Crippen molar-refractivity contribution in [3.05, 3.63) is 36.0 Å². The van der Waals surface area contributed by atoms with Gasteiger partial charge in [0.1, 0.15) is 0 Å². The minimum Gasteiger partial charge on any atom is -0.256 e. The number of benzene rings is 1. The number of rotatable bonds is 1. The van der Waals surface area contributed by atoms with Gasteiger partial charge in [0.25, 0.3) is 0 Å². The zero-order valence-corrected chi connectivity index (χ0v) is 11.5. The molecule has 0 unspecified atom stereocenters. The maximum Gasteiger partial charge on any atom is 0.417 e. The van der Waals surface area contributed by atoms with E-state index in [0.717, 1.165) is 5.19 Å². The molecule has 0 bridgehead atoms. The third-order valence-electron chi connectivity index (χ3n) is 2.88. The Hall–Kier alpha value is -1.36. The number of hydrogen-bond donors (Lipinski definition) is 0. The fourth-order valence-electron chi connectivity index (χ4n) is 2.03. The SMILES string of the molecule is C[Si](C)(C)c1ccc(C(F)(F)F)c2cccnc12. The Morgan fingerprint density at radius 3 is 2.28 bits per heavy atom. The summed E-state index contributed by atoms with van der Waals surface area (Å²) in [5.41, 5.74) is -0.112. The number of fused-ring (bicyclic) bond motifs is 1. The standard InChI is InChI=1S/C13H14F3NSi/c1-18(2,3)11-7-6-10(13(14,15)16)9-5-4-8-17-12(9)11/h4-8H,1-3H3. The van der Waals surface area contributed by atoms with Gasteiger partial charge in [-0.15, -0.1) is 0 Å². The Balaban J connectivity index is 2.83. The summed E-state index contributed by atoms with van der Waals surface area (Å²) in [7, 11) is -1.71. The van der Waals surface area contributed by atoms with Gasteiger partial charge in [0.2, 0.25) is 0 Å². The van der Waals surface area contributed by atoms with Crippen LogP contribution in [-0.4, -0.2) is 13.1 Å². The molecule has 0 radical (unpaired) electrons. The van der Waals surface area contributed by atoms with Crippen LogP contribution in [0, 0.1) is 0 Å². The van der Waals surface area contributed by atoms with Crippen molar-refractivity contribution in [3.63, 3.8) is 0 Å². The van der Waals surface area contributed by atoms with E-state index < -0.39 is 19.8 Å². The molecule has 0 atom stereocenters. The minimum atomic E-state index is -4.33. The molecular weight excluding hydrogens is 255 g/mol. The lowest BCUT2D eigenvalue weighted by atomic mass is 10.1. The zero-order chi connectivity index (χ0) is 13.6. The number of halogens is 3. The summed E-state index contributed by atoms with van der Waals surface area (Å²) in [6.45, 7) is 6.30. The molecule has 0 amide bonds. The van der Waals surface area contributed by atoms with Gasteiger partial charge in [0.05, 0.1) is 19.2 Å². The molecule has 1 aromatic heterocycles. The lowest BCUT2D eigenvalue weighted by Crippen LogP contribution is -2.38. The van der Waals surface area contributed by atoms with Gasteiger partial charge in [0, 0.05) is 11.6 Å². The largest absolute Gasteiger partial charge is 0.417 e. The van der Waals surface area contributed by atoms with Crippen molar-refractivity contribution in [3.8, 4) is 0 Å². The van der Waals surface area contributed by atoms with Gasteiger partial charge in [0.15, 0.2) is 0 Å². The van der Waals surface area contributed by atoms with Crippen LogP contribution >= 0.6 is 0 Å². The highest BCUT2D eigenvalue weighted by Gasteiger charge is 2.34. The number of alkyl halides is 3. The average molecular weight is 269 g/mol. The molecule has 0 saturated heterocycles. The van der Waals surface area contributed by atoms with Crippen LogP contribution < -0.4 is 5.19 Å². The van der Waals surface area contributed by atoms with Crippen LogP contribution in [-0.2, 0) is 6.18 Å². The number of pyridine rings is 1. The van der Waals surface area contributed by atoms with Crippen LogP contribution in [0.5, 0.6) is 0 Å². The summed E-state index contributed by atoms with van der Waals surface area (Å²) in [4.78, 5) is 4.16. The van der Waals surface area contributed by atoms with Crippen LogP contribution in [0.4, 0.5) is 13.2 Å². The van der Waals surface area contributed by atoms with E-state index in [2.05, 4.69) is 24.6 Å². The quantitative estimate of drug-likeness (QED) is 0.718. The molecule has 2 rings (SSSR count). The maximum atomic E-state index is 12.9. The molecule has 0 fully saturated rings. The van der Waals surface area contributed by atoms with Gasteiger partial charge in [-0.2, -0.15) is 13.2 Å². The summed E-state index contributed by atoms with van der Waals surface area (Å²) in [5.74, 6) is 0. The Kier molecular flexibility index (Phi) is 2.97. The van der Waals surface area contributed by atoms with Gasteiger partial charge >= 0.3 is 6.18 Å². The molecule has 1 heterocycles. The number of nitrogens with zero attached hydrogens (tertiary/aromatic N) is 1. The Labute approximate surface area is 105 Å². The highest BCUT2D eigenvalue weighted by molar-refractivity contribution is 6.90. The fourth-order valence-corrected chi connectivity index (χ4v) is 3.52. The Morgan fingerprint density at radius 1 is 1.06 bits per heavy atom. The summed E-state index contributed by atoms with van der Waals surface area (Å²) < 4.78 is 38.8. The first-order valence-corrected chi connectivity index (χ1v) is 9.16. The topological polar surface area (TPSA) is 12.9 Å². The molecule has 0 aliphatic heterocycles. The van der Waals surface area contributed by atoms with E-state index in [-0.39, 0.29) is 5.39 Å². The lowest BCUT2D eigenvalue weighted by Gasteiger charge is -2.20. The van der Waals surface area contributed by atoms with Gasteiger partial charge in [-0.3, -0.25) is 4.98 Å². The first kappa shape index (κ1) is 13.1. The maximum absolute atomic E-state index is 12.9. The van der Waals surface area contributed by atoms with Gasteiger partial charge in [-0.25, -0.2) is 0 Å². The molecule has 0 saturated carbocycles. The third kappa shape index (κ3) is 2.27. The van der Waals surface area contributed by atoms with Crippen LogP contribution in [0.2, 0.25) is 19.6 Å².